The number of halogens is 3. The van der Waals surface area contributed by atoms with E-state index in [1.54, 1.807) is 11.0 Å². The number of hydrogen-bond acceptors (Lipinski definition) is 4. The number of sulfonamides is 1. The molecule has 0 aliphatic rings. The van der Waals surface area contributed by atoms with Crippen molar-refractivity contribution in [2.75, 3.05) is 12.0 Å². The van der Waals surface area contributed by atoms with Gasteiger partial charge in [-0.15, -0.1) is 0 Å². The molecule has 2 N–H and O–H groups in total. The van der Waals surface area contributed by atoms with Crippen LogP contribution in [0.15, 0.2) is 17.0 Å². The first kappa shape index (κ1) is 17.8. The molecule has 0 aliphatic heterocycles. The Kier molecular flexibility index (Phi) is 6.05. The lowest BCUT2D eigenvalue weighted by Gasteiger charge is -2.14. The lowest BCUT2D eigenvalue weighted by molar-refractivity contribution is -0.139. The van der Waals surface area contributed by atoms with Crippen molar-refractivity contribution in [3.05, 3.63) is 29.6 Å². The van der Waals surface area contributed by atoms with Gasteiger partial charge in [-0.3, -0.25) is 4.79 Å². The Labute approximate surface area is 123 Å². The van der Waals surface area contributed by atoms with E-state index < -0.39 is 44.4 Å². The molecule has 118 valence electrons. The van der Waals surface area contributed by atoms with Crippen LogP contribution in [-0.4, -0.2) is 37.5 Å². The number of nitrogens with one attached hydrogen (secondary N) is 1. The average molecular weight is 343 g/mol. The molecule has 0 radical (unpaired) electrons. The van der Waals surface area contributed by atoms with Crippen LogP contribution in [0.25, 0.3) is 0 Å². The van der Waals surface area contributed by atoms with Crippen LogP contribution >= 0.6 is 11.8 Å². The highest BCUT2D eigenvalue weighted by Crippen LogP contribution is 2.20. The van der Waals surface area contributed by atoms with Crippen molar-refractivity contribution in [2.45, 2.75) is 17.4 Å². The highest BCUT2D eigenvalue weighted by molar-refractivity contribution is 7.98. The van der Waals surface area contributed by atoms with E-state index in [0.717, 1.165) is 0 Å². The maximum Gasteiger partial charge on any atom is 0.321 e. The summed E-state index contributed by atoms with van der Waals surface area (Å²) in [6.45, 7) is 0. The summed E-state index contributed by atoms with van der Waals surface area (Å²) >= 11 is 1.29. The molecule has 0 aromatic heterocycles. The molecule has 0 amide bonds. The van der Waals surface area contributed by atoms with Crippen molar-refractivity contribution in [2.24, 2.45) is 0 Å². The lowest BCUT2D eigenvalue weighted by atomic mass is 10.2. The van der Waals surface area contributed by atoms with E-state index in [9.17, 15) is 26.4 Å². The van der Waals surface area contributed by atoms with Gasteiger partial charge in [-0.1, -0.05) is 0 Å². The molecule has 0 saturated carbocycles. The standard InChI is InChI=1S/C11H12F3NO4S2/c1-20-5-4-7(11(16)17)15-21(18,19)8-3-2-6(12)9(13)10(8)14/h2-3,7,15H,4-5H2,1H3,(H,16,17)/t7-/m1/s1. The van der Waals surface area contributed by atoms with E-state index in [-0.39, 0.29) is 6.42 Å². The third-order valence-corrected chi connectivity index (χ3v) is 4.63. The van der Waals surface area contributed by atoms with Crippen LogP contribution in [0.4, 0.5) is 13.2 Å². The van der Waals surface area contributed by atoms with E-state index in [4.69, 9.17) is 5.11 Å². The summed E-state index contributed by atoms with van der Waals surface area (Å²) in [6, 6.07) is -0.510. The van der Waals surface area contributed by atoms with Gasteiger partial charge < -0.3 is 5.11 Å². The van der Waals surface area contributed by atoms with Gasteiger partial charge in [0.25, 0.3) is 0 Å². The molecule has 0 aliphatic carbocycles. The monoisotopic (exact) mass is 343 g/mol. The molecule has 0 fully saturated rings. The van der Waals surface area contributed by atoms with Crippen molar-refractivity contribution in [3.63, 3.8) is 0 Å². The highest BCUT2D eigenvalue weighted by atomic mass is 32.2. The molecule has 1 aromatic carbocycles. The maximum absolute atomic E-state index is 13.5. The summed E-state index contributed by atoms with van der Waals surface area (Å²) in [5.41, 5.74) is 0. The molecule has 1 aromatic rings. The zero-order valence-electron chi connectivity index (χ0n) is 10.8. The van der Waals surface area contributed by atoms with Gasteiger partial charge in [0.1, 0.15) is 10.9 Å². The molecule has 0 saturated heterocycles. The molecule has 0 unspecified atom stereocenters. The van der Waals surface area contributed by atoms with Crippen LogP contribution < -0.4 is 4.72 Å². The second-order valence-electron chi connectivity index (χ2n) is 3.97. The topological polar surface area (TPSA) is 83.5 Å². The van der Waals surface area contributed by atoms with Crippen molar-refractivity contribution in [3.8, 4) is 0 Å². The van der Waals surface area contributed by atoms with Crippen molar-refractivity contribution in [1.29, 1.82) is 0 Å². The number of hydrogen-bond donors (Lipinski definition) is 2. The predicted octanol–water partition coefficient (Wildman–Crippen LogP) is 1.59. The third-order valence-electron chi connectivity index (χ3n) is 2.50. The zero-order valence-corrected chi connectivity index (χ0v) is 12.4. The van der Waals surface area contributed by atoms with Crippen LogP contribution in [-0.2, 0) is 14.8 Å². The SMILES string of the molecule is CSCC[C@@H](NS(=O)(=O)c1ccc(F)c(F)c1F)C(=O)O. The first-order valence-corrected chi connectivity index (χ1v) is 8.46. The van der Waals surface area contributed by atoms with Crippen LogP contribution in [0.1, 0.15) is 6.42 Å². The summed E-state index contributed by atoms with van der Waals surface area (Å²) in [5.74, 6) is -6.47. The van der Waals surface area contributed by atoms with E-state index in [0.29, 0.717) is 17.9 Å². The maximum atomic E-state index is 13.5. The normalized spacial score (nSPS) is 13.1. The summed E-state index contributed by atoms with van der Waals surface area (Å²) in [4.78, 5) is 9.81. The minimum absolute atomic E-state index is 0.0406. The molecule has 1 rings (SSSR count). The van der Waals surface area contributed by atoms with Crippen LogP contribution in [0, 0.1) is 17.5 Å². The summed E-state index contributed by atoms with van der Waals surface area (Å²) in [6.07, 6.45) is 1.66. The number of thioether (sulfide) groups is 1. The first-order chi connectivity index (χ1) is 9.70. The molecule has 1 atom stereocenters. The highest BCUT2D eigenvalue weighted by Gasteiger charge is 2.29. The van der Waals surface area contributed by atoms with Gasteiger partial charge in [0, 0.05) is 0 Å². The first-order valence-electron chi connectivity index (χ1n) is 5.58. The van der Waals surface area contributed by atoms with E-state index >= 15 is 0 Å². The van der Waals surface area contributed by atoms with E-state index in [1.165, 1.54) is 11.8 Å². The van der Waals surface area contributed by atoms with Crippen molar-refractivity contribution in [1.82, 2.24) is 4.72 Å². The second kappa shape index (κ2) is 7.14. The molecule has 0 bridgehead atoms. The predicted molar refractivity (Wildman–Crippen MR) is 71.1 cm³/mol. The number of aliphatic carboxylic acids is 1. The molecular formula is C11H12F3NO4S2. The molecule has 5 nitrogen and oxygen atoms in total. The van der Waals surface area contributed by atoms with E-state index in [2.05, 4.69) is 0 Å². The number of carbonyl (C=O) groups is 1. The Morgan fingerprint density at radius 3 is 2.48 bits per heavy atom. The molecule has 10 heteroatoms. The van der Waals surface area contributed by atoms with Gasteiger partial charge in [-0.05, 0) is 30.6 Å². The van der Waals surface area contributed by atoms with Gasteiger partial charge in [0.15, 0.2) is 17.5 Å². The lowest BCUT2D eigenvalue weighted by Crippen LogP contribution is -2.41. The quantitative estimate of drug-likeness (QED) is 0.735. The largest absolute Gasteiger partial charge is 0.480 e. The second-order valence-corrected chi connectivity index (χ2v) is 6.64. The number of carboxylic acid groups (broad SMARTS) is 1. The fraction of sp³-hybridized carbons (Fsp3) is 0.364. The minimum Gasteiger partial charge on any atom is -0.480 e. The van der Waals surface area contributed by atoms with Crippen molar-refractivity contribution < 1.29 is 31.5 Å². The summed E-state index contributed by atoms with van der Waals surface area (Å²) in [5, 5.41) is 8.91. The van der Waals surface area contributed by atoms with Gasteiger partial charge in [-0.2, -0.15) is 16.5 Å². The average Bonchev–Trinajstić information content (AvgIpc) is 2.40. The van der Waals surface area contributed by atoms with Crippen LogP contribution in [0.3, 0.4) is 0 Å². The Morgan fingerprint density at radius 2 is 1.95 bits per heavy atom. The van der Waals surface area contributed by atoms with Gasteiger partial charge in [0.2, 0.25) is 10.0 Å². The molecule has 21 heavy (non-hydrogen) atoms. The third kappa shape index (κ3) is 4.35. The smallest absolute Gasteiger partial charge is 0.321 e. The van der Waals surface area contributed by atoms with Gasteiger partial charge in [0.05, 0.1) is 0 Å². The molecule has 0 spiro atoms. The Hall–Kier alpha value is -1.26. The summed E-state index contributed by atoms with van der Waals surface area (Å²) in [7, 11) is -4.63. The Balaban J connectivity index is 3.11. The van der Waals surface area contributed by atoms with Gasteiger partial charge in [-0.25, -0.2) is 21.6 Å². The fourth-order valence-corrected chi connectivity index (χ4v) is 3.20. The van der Waals surface area contributed by atoms with Gasteiger partial charge >= 0.3 is 5.97 Å². The number of benzene rings is 1. The minimum atomic E-state index is -4.63. The van der Waals surface area contributed by atoms with Crippen molar-refractivity contribution >= 4 is 27.8 Å². The molecule has 0 heterocycles. The summed E-state index contributed by atoms with van der Waals surface area (Å²) < 4.78 is 64.8. The van der Waals surface area contributed by atoms with E-state index in [1.807, 2.05) is 0 Å². The Bertz CT molecular complexity index is 637. The molecular weight excluding hydrogens is 331 g/mol. The Morgan fingerprint density at radius 1 is 1.33 bits per heavy atom. The number of rotatable bonds is 7. The zero-order chi connectivity index (χ0) is 16.2. The number of carboxylic acids is 1. The fourth-order valence-electron chi connectivity index (χ4n) is 1.44. The van der Waals surface area contributed by atoms with Crippen LogP contribution in [0.5, 0.6) is 0 Å². The van der Waals surface area contributed by atoms with Crippen LogP contribution in [0.2, 0.25) is 0 Å².